The topological polar surface area (TPSA) is 72.2 Å². The van der Waals surface area contributed by atoms with Gasteiger partial charge in [0, 0.05) is 0 Å². The molecule has 1 atom stereocenters. The molecule has 0 radical (unpaired) electrons. The van der Waals surface area contributed by atoms with Gasteiger partial charge in [0.1, 0.15) is 0 Å². The number of nitrogens with one attached hydrogen (secondary N) is 1. The molecular weight excluding hydrogens is 270 g/mol. The van der Waals surface area contributed by atoms with Gasteiger partial charge in [-0.1, -0.05) is 0 Å². The Morgan fingerprint density at radius 3 is 1.83 bits per heavy atom. The van der Waals surface area contributed by atoms with E-state index in [2.05, 4.69) is 5.84 Å². The Kier molecular flexibility index (Phi) is 6.09. The molecule has 1 unspecified atom stereocenters. The fourth-order valence-corrected chi connectivity index (χ4v) is 0.917. The van der Waals surface area contributed by atoms with Gasteiger partial charge in [-0.15, -0.1) is 0 Å². The number of ketones is 1. The number of carbonyl (C=O) groups excluding carboxylic acids is 2. The van der Waals surface area contributed by atoms with Crippen LogP contribution in [0.1, 0.15) is 6.42 Å². The molecule has 0 spiro atoms. The summed E-state index contributed by atoms with van der Waals surface area (Å²) in [7, 11) is 0. The Labute approximate surface area is 96.1 Å². The first kappa shape index (κ1) is 16.2. The molecule has 3 N–H and O–H groups in total. The molecule has 10 heteroatoms. The first-order valence-corrected chi connectivity index (χ1v) is 4.15. The van der Waals surface area contributed by atoms with Crippen LogP contribution in [0.5, 0.6) is 0 Å². The lowest BCUT2D eigenvalue weighted by atomic mass is 9.99. The number of hydrogen-bond acceptors (Lipinski definition) is 3. The van der Waals surface area contributed by atoms with E-state index in [0.29, 0.717) is 0 Å². The van der Waals surface area contributed by atoms with Crippen LogP contribution in [0.15, 0.2) is 23.8 Å². The minimum Gasteiger partial charge on any atom is -0.298 e. The van der Waals surface area contributed by atoms with Crippen LogP contribution in [0.4, 0.5) is 26.3 Å². The van der Waals surface area contributed by atoms with Crippen LogP contribution in [0, 0.1) is 5.92 Å². The zero-order valence-corrected chi connectivity index (χ0v) is 8.45. The highest BCUT2D eigenvalue weighted by Gasteiger charge is 2.34. The van der Waals surface area contributed by atoms with Crippen molar-refractivity contribution in [2.75, 3.05) is 0 Å². The number of allylic oxidation sites excluding steroid dienone is 1. The van der Waals surface area contributed by atoms with Crippen molar-refractivity contribution in [1.82, 2.24) is 5.43 Å². The summed E-state index contributed by atoms with van der Waals surface area (Å²) in [4.78, 5) is 21.9. The van der Waals surface area contributed by atoms with Gasteiger partial charge >= 0.3 is 12.2 Å². The molecule has 0 aliphatic carbocycles. The second kappa shape index (κ2) is 6.79. The maximum atomic E-state index is 12.8. The predicted molar refractivity (Wildman–Crippen MR) is 46.1 cm³/mol. The van der Waals surface area contributed by atoms with Crippen LogP contribution in [-0.2, 0) is 9.59 Å². The average molecular weight is 276 g/mol. The molecule has 1 amide bonds. The Hall–Kier alpha value is -1.84. The minimum atomic E-state index is -3.01. The summed E-state index contributed by atoms with van der Waals surface area (Å²) < 4.78 is 72.3. The van der Waals surface area contributed by atoms with Gasteiger partial charge in [0.15, 0.2) is 23.4 Å². The largest absolute Gasteiger partial charge is 0.302 e. The monoisotopic (exact) mass is 276 g/mol. The van der Waals surface area contributed by atoms with Crippen LogP contribution in [-0.4, -0.2) is 11.7 Å². The SMILES string of the molecule is NNC(=O)C(C(=O)CC(F)=C(F)F)C(F)=C(F)F. The molecule has 0 bridgehead atoms. The Morgan fingerprint density at radius 1 is 1.00 bits per heavy atom. The van der Waals surface area contributed by atoms with Gasteiger partial charge in [0.05, 0.1) is 6.42 Å². The number of hydrazine groups is 1. The van der Waals surface area contributed by atoms with Crippen molar-refractivity contribution < 1.29 is 35.9 Å². The third-order valence-corrected chi connectivity index (χ3v) is 1.69. The van der Waals surface area contributed by atoms with Crippen LogP contribution in [0.2, 0.25) is 0 Å². The number of rotatable bonds is 5. The fourth-order valence-electron chi connectivity index (χ4n) is 0.917. The fraction of sp³-hybridized carbons (Fsp3) is 0.250. The summed E-state index contributed by atoms with van der Waals surface area (Å²) in [6, 6.07) is 0. The maximum Gasteiger partial charge on any atom is 0.302 e. The maximum absolute atomic E-state index is 12.8. The highest BCUT2D eigenvalue weighted by molar-refractivity contribution is 6.04. The molecule has 0 aliphatic heterocycles. The van der Waals surface area contributed by atoms with Crippen molar-refractivity contribution in [3.63, 3.8) is 0 Å². The molecule has 0 rings (SSSR count). The van der Waals surface area contributed by atoms with Crippen LogP contribution >= 0.6 is 0 Å². The number of amides is 1. The van der Waals surface area contributed by atoms with Gasteiger partial charge in [0.25, 0.3) is 5.91 Å². The van der Waals surface area contributed by atoms with E-state index >= 15 is 0 Å². The molecule has 0 heterocycles. The summed E-state index contributed by atoms with van der Waals surface area (Å²) in [6.07, 6.45) is -7.59. The van der Waals surface area contributed by atoms with Gasteiger partial charge in [0.2, 0.25) is 0 Å². The van der Waals surface area contributed by atoms with E-state index in [0.717, 1.165) is 0 Å². The molecule has 0 aliphatic rings. The summed E-state index contributed by atoms with van der Waals surface area (Å²) in [5.41, 5.74) is 1.19. The molecular formula is C8H6F6N2O2. The first-order valence-electron chi connectivity index (χ1n) is 4.15. The third-order valence-electron chi connectivity index (χ3n) is 1.69. The molecule has 0 aromatic rings. The molecule has 0 saturated carbocycles. The Bertz CT molecular complexity index is 412. The van der Waals surface area contributed by atoms with E-state index in [-0.39, 0.29) is 0 Å². The van der Waals surface area contributed by atoms with Crippen LogP contribution < -0.4 is 11.3 Å². The summed E-state index contributed by atoms with van der Waals surface area (Å²) in [5.74, 6) is -6.53. The van der Waals surface area contributed by atoms with Gasteiger partial charge in [-0.05, 0) is 0 Å². The Balaban J connectivity index is 5.25. The molecule has 4 nitrogen and oxygen atoms in total. The lowest BCUT2D eigenvalue weighted by Gasteiger charge is -2.10. The zero-order valence-electron chi connectivity index (χ0n) is 8.45. The highest BCUT2D eigenvalue weighted by atomic mass is 19.3. The summed E-state index contributed by atoms with van der Waals surface area (Å²) in [6.45, 7) is 0. The van der Waals surface area contributed by atoms with Crippen molar-refractivity contribution in [1.29, 1.82) is 0 Å². The normalized spacial score (nSPS) is 11.5. The van der Waals surface area contributed by atoms with Crippen molar-refractivity contribution in [3.05, 3.63) is 23.8 Å². The minimum absolute atomic E-state index is 1.19. The number of hydrogen-bond donors (Lipinski definition) is 2. The number of nitrogens with two attached hydrogens (primary N) is 1. The molecule has 0 saturated heterocycles. The number of carbonyl (C=O) groups is 2. The summed E-state index contributed by atoms with van der Waals surface area (Å²) >= 11 is 0. The van der Waals surface area contributed by atoms with E-state index in [9.17, 15) is 35.9 Å². The van der Waals surface area contributed by atoms with E-state index in [4.69, 9.17) is 0 Å². The van der Waals surface area contributed by atoms with E-state index in [1.54, 1.807) is 0 Å². The molecule has 0 aromatic heterocycles. The average Bonchev–Trinajstić information content (AvgIpc) is 2.28. The van der Waals surface area contributed by atoms with Crippen molar-refractivity contribution in [2.24, 2.45) is 11.8 Å². The smallest absolute Gasteiger partial charge is 0.298 e. The van der Waals surface area contributed by atoms with E-state index in [1.165, 1.54) is 5.43 Å². The van der Waals surface area contributed by atoms with E-state index in [1.807, 2.05) is 0 Å². The third kappa shape index (κ3) is 4.20. The lowest BCUT2D eigenvalue weighted by molar-refractivity contribution is -0.133. The first-order chi connectivity index (χ1) is 8.22. The van der Waals surface area contributed by atoms with Gasteiger partial charge in [-0.2, -0.15) is 17.6 Å². The van der Waals surface area contributed by atoms with E-state index < -0.39 is 47.8 Å². The van der Waals surface area contributed by atoms with Crippen molar-refractivity contribution >= 4 is 11.7 Å². The predicted octanol–water partition coefficient (Wildman–Crippen LogP) is 1.71. The Morgan fingerprint density at radius 2 is 1.50 bits per heavy atom. The van der Waals surface area contributed by atoms with Crippen LogP contribution in [0.25, 0.3) is 0 Å². The zero-order chi connectivity index (χ0) is 14.5. The van der Waals surface area contributed by atoms with Crippen LogP contribution in [0.3, 0.4) is 0 Å². The molecule has 18 heavy (non-hydrogen) atoms. The number of halogens is 6. The number of Topliss-reactive ketones (excluding diaryl/α,β-unsaturated/α-hetero) is 1. The second-order valence-corrected chi connectivity index (χ2v) is 2.86. The molecule has 0 fully saturated rings. The molecule has 102 valence electrons. The molecule has 0 aromatic carbocycles. The highest BCUT2D eigenvalue weighted by Crippen LogP contribution is 2.24. The quantitative estimate of drug-likeness (QED) is 0.264. The lowest BCUT2D eigenvalue weighted by Crippen LogP contribution is -2.40. The van der Waals surface area contributed by atoms with Crippen molar-refractivity contribution in [3.8, 4) is 0 Å². The summed E-state index contributed by atoms with van der Waals surface area (Å²) in [5, 5.41) is 0. The van der Waals surface area contributed by atoms with Gasteiger partial charge in [-0.3, -0.25) is 15.0 Å². The van der Waals surface area contributed by atoms with Gasteiger partial charge in [-0.25, -0.2) is 14.6 Å². The second-order valence-electron chi connectivity index (χ2n) is 2.86. The van der Waals surface area contributed by atoms with Crippen molar-refractivity contribution in [2.45, 2.75) is 6.42 Å². The van der Waals surface area contributed by atoms with Gasteiger partial charge < -0.3 is 0 Å². The standard InChI is InChI=1S/C8H6F6N2O2/c9-2(6(11)12)1-3(17)4(8(18)16-15)5(10)7(13)14/h4H,1,15H2,(H,16,18).